The molecule has 2 rings (SSSR count). The standard InChI is InChI=1S/C12H15ClFN/c1-12(5-2-6-15-12)8-9-3-4-10(14)7-11(9)13/h3-4,7,15H,2,5-6,8H2,1H3. The van der Waals surface area contributed by atoms with Gasteiger partial charge in [0.15, 0.2) is 0 Å². The topological polar surface area (TPSA) is 12.0 Å². The number of hydrogen-bond acceptors (Lipinski definition) is 1. The second-order valence-corrected chi connectivity index (χ2v) is 4.91. The van der Waals surface area contributed by atoms with Crippen LogP contribution in [0.15, 0.2) is 18.2 Å². The molecule has 15 heavy (non-hydrogen) atoms. The molecule has 1 aliphatic heterocycles. The average Bonchev–Trinajstić information content (AvgIpc) is 2.58. The molecule has 1 N–H and O–H groups in total. The van der Waals surface area contributed by atoms with Crippen LogP contribution in [0.4, 0.5) is 4.39 Å². The van der Waals surface area contributed by atoms with E-state index in [2.05, 4.69) is 12.2 Å². The van der Waals surface area contributed by atoms with E-state index in [9.17, 15) is 4.39 Å². The fourth-order valence-corrected chi connectivity index (χ4v) is 2.43. The molecule has 0 spiro atoms. The molecular weight excluding hydrogens is 213 g/mol. The monoisotopic (exact) mass is 227 g/mol. The van der Waals surface area contributed by atoms with Gasteiger partial charge in [0.25, 0.3) is 0 Å². The van der Waals surface area contributed by atoms with Gasteiger partial charge in [-0.25, -0.2) is 4.39 Å². The normalized spacial score (nSPS) is 25.8. The Labute approximate surface area is 94.6 Å². The maximum absolute atomic E-state index is 12.9. The van der Waals surface area contributed by atoms with Gasteiger partial charge in [-0.2, -0.15) is 0 Å². The van der Waals surface area contributed by atoms with Crippen molar-refractivity contribution in [3.8, 4) is 0 Å². The zero-order chi connectivity index (χ0) is 10.9. The summed E-state index contributed by atoms with van der Waals surface area (Å²) in [5.41, 5.74) is 1.15. The van der Waals surface area contributed by atoms with Gasteiger partial charge in [-0.1, -0.05) is 17.7 Å². The molecule has 3 heteroatoms. The summed E-state index contributed by atoms with van der Waals surface area (Å²) in [6.07, 6.45) is 3.22. The predicted octanol–water partition coefficient (Wildman–Crippen LogP) is 3.16. The highest BCUT2D eigenvalue weighted by atomic mass is 35.5. The van der Waals surface area contributed by atoms with Crippen LogP contribution >= 0.6 is 11.6 Å². The van der Waals surface area contributed by atoms with E-state index in [1.807, 2.05) is 0 Å². The van der Waals surface area contributed by atoms with E-state index < -0.39 is 0 Å². The van der Waals surface area contributed by atoms with Crippen molar-refractivity contribution in [3.63, 3.8) is 0 Å². The third-order valence-corrected chi connectivity index (χ3v) is 3.40. The van der Waals surface area contributed by atoms with E-state index in [1.54, 1.807) is 6.07 Å². The maximum atomic E-state index is 12.9. The van der Waals surface area contributed by atoms with Crippen LogP contribution in [-0.2, 0) is 6.42 Å². The Morgan fingerprint density at radius 2 is 2.33 bits per heavy atom. The molecule has 1 heterocycles. The molecule has 82 valence electrons. The van der Waals surface area contributed by atoms with Crippen molar-refractivity contribution in [2.45, 2.75) is 31.7 Å². The smallest absolute Gasteiger partial charge is 0.124 e. The Morgan fingerprint density at radius 3 is 2.93 bits per heavy atom. The number of benzene rings is 1. The third kappa shape index (κ3) is 2.50. The highest BCUT2D eigenvalue weighted by molar-refractivity contribution is 6.31. The number of nitrogens with one attached hydrogen (secondary N) is 1. The highest BCUT2D eigenvalue weighted by Crippen LogP contribution is 2.27. The fourth-order valence-electron chi connectivity index (χ4n) is 2.19. The molecule has 1 nitrogen and oxygen atoms in total. The first-order valence-corrected chi connectivity index (χ1v) is 5.66. The summed E-state index contributed by atoms with van der Waals surface area (Å²) < 4.78 is 12.9. The molecule has 0 aromatic heterocycles. The number of halogens is 2. The van der Waals surface area contributed by atoms with E-state index >= 15 is 0 Å². The first-order valence-electron chi connectivity index (χ1n) is 5.28. The summed E-state index contributed by atoms with van der Waals surface area (Å²) >= 11 is 6.00. The molecule has 0 saturated carbocycles. The van der Waals surface area contributed by atoms with E-state index in [0.717, 1.165) is 24.9 Å². The van der Waals surface area contributed by atoms with Gasteiger partial charge >= 0.3 is 0 Å². The third-order valence-electron chi connectivity index (χ3n) is 3.05. The Kier molecular flexibility index (Phi) is 2.98. The molecule has 1 aromatic rings. The molecule has 1 fully saturated rings. The Balaban J connectivity index is 2.16. The van der Waals surface area contributed by atoms with Crippen molar-refractivity contribution in [3.05, 3.63) is 34.6 Å². The van der Waals surface area contributed by atoms with Crippen LogP contribution in [-0.4, -0.2) is 12.1 Å². The molecular formula is C12H15ClFN. The predicted molar refractivity (Wildman–Crippen MR) is 60.8 cm³/mol. The Bertz CT molecular complexity index is 359. The summed E-state index contributed by atoms with van der Waals surface area (Å²) in [6, 6.07) is 4.64. The van der Waals surface area contributed by atoms with Gasteiger partial charge in [0.05, 0.1) is 0 Å². The van der Waals surface area contributed by atoms with Crippen LogP contribution in [0.25, 0.3) is 0 Å². The lowest BCUT2D eigenvalue weighted by molar-refractivity contribution is 0.412. The minimum Gasteiger partial charge on any atom is -0.311 e. The van der Waals surface area contributed by atoms with Gasteiger partial charge in [-0.3, -0.25) is 0 Å². The van der Waals surface area contributed by atoms with Gasteiger partial charge in [0.2, 0.25) is 0 Å². The summed E-state index contributed by atoms with van der Waals surface area (Å²) in [6.45, 7) is 3.26. The Morgan fingerprint density at radius 1 is 1.53 bits per heavy atom. The van der Waals surface area contributed by atoms with Crippen molar-refractivity contribution in [1.82, 2.24) is 5.32 Å². The van der Waals surface area contributed by atoms with Crippen LogP contribution in [0, 0.1) is 5.82 Å². The quantitative estimate of drug-likeness (QED) is 0.819. The van der Waals surface area contributed by atoms with Gasteiger partial charge < -0.3 is 5.32 Å². The van der Waals surface area contributed by atoms with Crippen molar-refractivity contribution >= 4 is 11.6 Å². The van der Waals surface area contributed by atoms with Crippen molar-refractivity contribution in [2.75, 3.05) is 6.54 Å². The van der Waals surface area contributed by atoms with E-state index in [1.165, 1.54) is 18.6 Å². The van der Waals surface area contributed by atoms with Crippen molar-refractivity contribution in [2.24, 2.45) is 0 Å². The minimum absolute atomic E-state index is 0.126. The summed E-state index contributed by atoms with van der Waals surface area (Å²) in [5.74, 6) is -0.270. The fraction of sp³-hybridized carbons (Fsp3) is 0.500. The van der Waals surface area contributed by atoms with Gasteiger partial charge in [0, 0.05) is 10.6 Å². The maximum Gasteiger partial charge on any atom is 0.124 e. The lowest BCUT2D eigenvalue weighted by atomic mass is 9.91. The van der Waals surface area contributed by atoms with Crippen LogP contribution in [0.5, 0.6) is 0 Å². The van der Waals surface area contributed by atoms with Crippen LogP contribution < -0.4 is 5.32 Å². The lowest BCUT2D eigenvalue weighted by Gasteiger charge is -2.24. The molecule has 0 aliphatic carbocycles. The molecule has 0 bridgehead atoms. The summed E-state index contributed by atoms with van der Waals surface area (Å²) in [7, 11) is 0. The average molecular weight is 228 g/mol. The Hall–Kier alpha value is -0.600. The number of hydrogen-bond donors (Lipinski definition) is 1. The molecule has 1 aromatic carbocycles. The molecule has 0 radical (unpaired) electrons. The summed E-state index contributed by atoms with van der Waals surface area (Å²) in [5, 5.41) is 4.00. The van der Waals surface area contributed by atoms with E-state index in [0.29, 0.717) is 5.02 Å². The van der Waals surface area contributed by atoms with Gasteiger partial charge in [-0.05, 0) is 50.4 Å². The first kappa shape index (κ1) is 10.9. The van der Waals surface area contributed by atoms with Crippen molar-refractivity contribution < 1.29 is 4.39 Å². The molecule has 1 aliphatic rings. The molecule has 0 amide bonds. The minimum atomic E-state index is -0.270. The second kappa shape index (κ2) is 4.11. The first-order chi connectivity index (χ1) is 7.09. The molecule has 1 saturated heterocycles. The van der Waals surface area contributed by atoms with Crippen molar-refractivity contribution in [1.29, 1.82) is 0 Å². The SMILES string of the molecule is CC1(Cc2ccc(F)cc2Cl)CCCN1. The zero-order valence-electron chi connectivity index (χ0n) is 8.82. The molecule has 1 atom stereocenters. The van der Waals surface area contributed by atoms with Crippen LogP contribution in [0.2, 0.25) is 5.02 Å². The highest BCUT2D eigenvalue weighted by Gasteiger charge is 2.28. The van der Waals surface area contributed by atoms with Crippen LogP contribution in [0.1, 0.15) is 25.3 Å². The zero-order valence-corrected chi connectivity index (χ0v) is 9.57. The number of rotatable bonds is 2. The van der Waals surface area contributed by atoms with Gasteiger partial charge in [0.1, 0.15) is 5.82 Å². The second-order valence-electron chi connectivity index (χ2n) is 4.50. The summed E-state index contributed by atoms with van der Waals surface area (Å²) in [4.78, 5) is 0. The van der Waals surface area contributed by atoms with E-state index in [-0.39, 0.29) is 11.4 Å². The van der Waals surface area contributed by atoms with Crippen LogP contribution in [0.3, 0.4) is 0 Å². The largest absolute Gasteiger partial charge is 0.311 e. The lowest BCUT2D eigenvalue weighted by Crippen LogP contribution is -2.38. The van der Waals surface area contributed by atoms with E-state index in [4.69, 9.17) is 11.6 Å². The molecule has 1 unspecified atom stereocenters. The van der Waals surface area contributed by atoms with Gasteiger partial charge in [-0.15, -0.1) is 0 Å².